The van der Waals surface area contributed by atoms with Crippen LogP contribution >= 0.6 is 27.5 Å². The van der Waals surface area contributed by atoms with Crippen LogP contribution in [0.5, 0.6) is 0 Å². The van der Waals surface area contributed by atoms with Gasteiger partial charge in [-0.25, -0.2) is 4.98 Å². The fraction of sp³-hybridized carbons (Fsp3) is 0.0769. The lowest BCUT2D eigenvalue weighted by Gasteiger charge is -2.07. The Morgan fingerprint density at radius 2 is 2.14 bits per heavy atom. The normalized spacial score (nSPS) is 10.2. The van der Waals surface area contributed by atoms with E-state index in [0.29, 0.717) is 15.3 Å². The lowest BCUT2D eigenvalue weighted by molar-refractivity contribution is -0.385. The van der Waals surface area contributed by atoms with E-state index in [1.807, 2.05) is 0 Å². The maximum absolute atomic E-state index is 12.1. The van der Waals surface area contributed by atoms with Crippen LogP contribution in [0.15, 0.2) is 34.9 Å². The van der Waals surface area contributed by atoms with Gasteiger partial charge < -0.3 is 5.32 Å². The number of amides is 1. The zero-order valence-electron chi connectivity index (χ0n) is 10.8. The minimum absolute atomic E-state index is 0.173. The number of hydrogen-bond donors (Lipinski definition) is 1. The van der Waals surface area contributed by atoms with Gasteiger partial charge in [0.05, 0.1) is 21.3 Å². The van der Waals surface area contributed by atoms with Gasteiger partial charge in [0.15, 0.2) is 0 Å². The Balaban J connectivity index is 2.26. The first-order valence-electron chi connectivity index (χ1n) is 5.76. The van der Waals surface area contributed by atoms with Gasteiger partial charge in [-0.2, -0.15) is 0 Å². The quantitative estimate of drug-likeness (QED) is 0.503. The first-order valence-corrected chi connectivity index (χ1v) is 6.93. The van der Waals surface area contributed by atoms with Crippen molar-refractivity contribution in [1.29, 1.82) is 0 Å². The van der Waals surface area contributed by atoms with Crippen LogP contribution in [0, 0.1) is 17.0 Å². The highest BCUT2D eigenvalue weighted by Gasteiger charge is 2.16. The molecule has 0 radical (unpaired) electrons. The number of hydrogen-bond acceptors (Lipinski definition) is 4. The highest BCUT2D eigenvalue weighted by molar-refractivity contribution is 9.10. The smallest absolute Gasteiger partial charge is 0.284 e. The number of halogens is 2. The number of nitrogens with zero attached hydrogens (tertiary/aromatic N) is 2. The van der Waals surface area contributed by atoms with Gasteiger partial charge in [-0.3, -0.25) is 14.9 Å². The largest absolute Gasteiger partial charge is 0.321 e. The van der Waals surface area contributed by atoms with Gasteiger partial charge in [-0.15, -0.1) is 0 Å². The molecule has 8 heteroatoms. The molecule has 108 valence electrons. The van der Waals surface area contributed by atoms with E-state index in [9.17, 15) is 14.9 Å². The van der Waals surface area contributed by atoms with E-state index in [0.717, 1.165) is 5.56 Å². The predicted molar refractivity (Wildman–Crippen MR) is 82.7 cm³/mol. The van der Waals surface area contributed by atoms with Crippen LogP contribution in [0.25, 0.3) is 0 Å². The Morgan fingerprint density at radius 1 is 1.43 bits per heavy atom. The van der Waals surface area contributed by atoms with Crippen molar-refractivity contribution in [2.24, 2.45) is 0 Å². The first kappa shape index (κ1) is 15.4. The molecule has 0 aliphatic rings. The van der Waals surface area contributed by atoms with Gasteiger partial charge in [0, 0.05) is 11.6 Å². The third-order valence-electron chi connectivity index (χ3n) is 2.68. The van der Waals surface area contributed by atoms with Crippen molar-refractivity contribution in [2.75, 3.05) is 5.32 Å². The van der Waals surface area contributed by atoms with Gasteiger partial charge in [0.1, 0.15) is 5.15 Å². The van der Waals surface area contributed by atoms with Crippen LogP contribution < -0.4 is 5.32 Å². The van der Waals surface area contributed by atoms with Crippen molar-refractivity contribution in [3.8, 4) is 0 Å². The van der Waals surface area contributed by atoms with Crippen LogP contribution in [-0.2, 0) is 0 Å². The molecule has 1 amide bonds. The molecule has 0 aliphatic carbocycles. The number of nitro groups is 1. The second kappa shape index (κ2) is 6.19. The van der Waals surface area contributed by atoms with Crippen molar-refractivity contribution in [3.05, 3.63) is 61.3 Å². The van der Waals surface area contributed by atoms with Crippen molar-refractivity contribution in [1.82, 2.24) is 4.98 Å². The molecule has 0 aliphatic heterocycles. The fourth-order valence-electron chi connectivity index (χ4n) is 1.62. The zero-order chi connectivity index (χ0) is 15.6. The van der Waals surface area contributed by atoms with Gasteiger partial charge in [0.2, 0.25) is 0 Å². The lowest BCUT2D eigenvalue weighted by Crippen LogP contribution is -2.12. The van der Waals surface area contributed by atoms with Crippen LogP contribution in [0.4, 0.5) is 11.4 Å². The Labute approximate surface area is 133 Å². The molecule has 0 spiro atoms. The highest BCUT2D eigenvalue weighted by atomic mass is 79.9. The topological polar surface area (TPSA) is 85.1 Å². The number of nitrogens with one attached hydrogen (secondary N) is 1. The van der Waals surface area contributed by atoms with E-state index in [2.05, 4.69) is 26.2 Å². The van der Waals surface area contributed by atoms with E-state index in [1.54, 1.807) is 13.0 Å². The van der Waals surface area contributed by atoms with E-state index in [-0.39, 0.29) is 11.3 Å². The Bertz CT molecular complexity index is 737. The average molecular weight is 371 g/mol. The number of nitro benzene ring substituents is 1. The summed E-state index contributed by atoms with van der Waals surface area (Å²) in [5, 5.41) is 13.8. The molecular formula is C13H9BrClN3O3. The molecular weight excluding hydrogens is 362 g/mol. The molecule has 1 N–H and O–H groups in total. The average Bonchev–Trinajstić information content (AvgIpc) is 2.43. The van der Waals surface area contributed by atoms with Crippen LogP contribution in [0.2, 0.25) is 5.15 Å². The Kier molecular flexibility index (Phi) is 4.54. The van der Waals surface area contributed by atoms with Gasteiger partial charge in [0.25, 0.3) is 11.6 Å². The standard InChI is InChI=1S/C13H9BrClN3O3/c1-7-4-9(6-16-12(7)15)17-13(19)8-2-3-10(14)11(5-8)18(20)21/h2-6H,1H3,(H,17,19). The number of carbonyl (C=O) groups excluding carboxylic acids is 1. The summed E-state index contributed by atoms with van der Waals surface area (Å²) in [6, 6.07) is 5.82. The number of aromatic nitrogens is 1. The van der Waals surface area contributed by atoms with Gasteiger partial charge in [-0.05, 0) is 46.6 Å². The molecule has 0 atom stereocenters. The molecule has 2 rings (SSSR count). The molecule has 0 saturated heterocycles. The maximum atomic E-state index is 12.1. The molecule has 6 nitrogen and oxygen atoms in total. The SMILES string of the molecule is Cc1cc(NC(=O)c2ccc(Br)c([N+](=O)[O-])c2)cnc1Cl. The summed E-state index contributed by atoms with van der Waals surface area (Å²) in [4.78, 5) is 26.3. The number of aryl methyl sites for hydroxylation is 1. The summed E-state index contributed by atoms with van der Waals surface area (Å²) in [7, 11) is 0. The van der Waals surface area contributed by atoms with E-state index in [1.165, 1.54) is 24.4 Å². The molecule has 1 aromatic carbocycles. The molecule has 0 unspecified atom stereocenters. The second-order valence-electron chi connectivity index (χ2n) is 4.21. The van der Waals surface area contributed by atoms with E-state index >= 15 is 0 Å². The summed E-state index contributed by atoms with van der Waals surface area (Å²) in [5.74, 6) is -0.464. The van der Waals surface area contributed by atoms with Gasteiger partial charge >= 0.3 is 0 Å². The summed E-state index contributed by atoms with van der Waals surface area (Å²) < 4.78 is 0.313. The van der Waals surface area contributed by atoms with Crippen molar-refractivity contribution in [2.45, 2.75) is 6.92 Å². The summed E-state index contributed by atoms with van der Waals surface area (Å²) in [5.41, 5.74) is 1.19. The van der Waals surface area contributed by atoms with Crippen molar-refractivity contribution < 1.29 is 9.72 Å². The fourth-order valence-corrected chi connectivity index (χ4v) is 2.12. The molecule has 0 saturated carbocycles. The zero-order valence-corrected chi connectivity index (χ0v) is 13.1. The summed E-state index contributed by atoms with van der Waals surface area (Å²) in [6.07, 6.45) is 1.42. The molecule has 1 aromatic heterocycles. The van der Waals surface area contributed by atoms with Crippen LogP contribution in [0.1, 0.15) is 15.9 Å². The number of rotatable bonds is 3. The molecule has 2 aromatic rings. The molecule has 21 heavy (non-hydrogen) atoms. The lowest BCUT2D eigenvalue weighted by atomic mass is 10.2. The number of anilines is 1. The van der Waals surface area contributed by atoms with E-state index in [4.69, 9.17) is 11.6 Å². The van der Waals surface area contributed by atoms with E-state index < -0.39 is 10.8 Å². The maximum Gasteiger partial charge on any atom is 0.284 e. The highest BCUT2D eigenvalue weighted by Crippen LogP contribution is 2.26. The summed E-state index contributed by atoms with van der Waals surface area (Å²) >= 11 is 8.87. The number of benzene rings is 1. The molecule has 0 bridgehead atoms. The minimum Gasteiger partial charge on any atom is -0.321 e. The number of pyridine rings is 1. The number of carbonyl (C=O) groups is 1. The molecule has 1 heterocycles. The third-order valence-corrected chi connectivity index (χ3v) is 3.74. The predicted octanol–water partition coefficient (Wildman–Crippen LogP) is 3.97. The minimum atomic E-state index is -0.561. The third kappa shape index (κ3) is 3.56. The van der Waals surface area contributed by atoms with Crippen molar-refractivity contribution >= 4 is 44.8 Å². The van der Waals surface area contributed by atoms with Crippen LogP contribution in [-0.4, -0.2) is 15.8 Å². The summed E-state index contributed by atoms with van der Waals surface area (Å²) in [6.45, 7) is 1.76. The second-order valence-corrected chi connectivity index (χ2v) is 5.42. The molecule has 0 fully saturated rings. The van der Waals surface area contributed by atoms with Crippen LogP contribution in [0.3, 0.4) is 0 Å². The first-order chi connectivity index (χ1) is 9.88. The van der Waals surface area contributed by atoms with Crippen molar-refractivity contribution in [3.63, 3.8) is 0 Å². The van der Waals surface area contributed by atoms with Gasteiger partial charge in [-0.1, -0.05) is 11.6 Å². The monoisotopic (exact) mass is 369 g/mol. The Morgan fingerprint density at radius 3 is 2.76 bits per heavy atom. The Hall–Kier alpha value is -1.99.